The first-order valence-corrected chi connectivity index (χ1v) is 11.7. The third-order valence-corrected chi connectivity index (χ3v) is 6.42. The van der Waals surface area contributed by atoms with Crippen LogP contribution in [-0.4, -0.2) is 57.6 Å². The van der Waals surface area contributed by atoms with Gasteiger partial charge in [0.25, 0.3) is 0 Å². The SMILES string of the molecule is Cc1[nH]c(-c2cccc(NCCNC3CCCN(C(C)(C)C)CC3)n2)nc1C1CC1. The second kappa shape index (κ2) is 9.06. The van der Waals surface area contributed by atoms with Gasteiger partial charge in [0.2, 0.25) is 0 Å². The lowest BCUT2D eigenvalue weighted by Crippen LogP contribution is -2.42. The van der Waals surface area contributed by atoms with Crippen LogP contribution in [0.25, 0.3) is 11.5 Å². The molecule has 0 bridgehead atoms. The van der Waals surface area contributed by atoms with Gasteiger partial charge < -0.3 is 15.6 Å². The Morgan fingerprint density at radius 1 is 1.07 bits per heavy atom. The summed E-state index contributed by atoms with van der Waals surface area (Å²) >= 11 is 0. The van der Waals surface area contributed by atoms with Crippen LogP contribution in [0.15, 0.2) is 18.2 Å². The van der Waals surface area contributed by atoms with Crippen molar-refractivity contribution < 1.29 is 0 Å². The van der Waals surface area contributed by atoms with Gasteiger partial charge in [-0.1, -0.05) is 6.07 Å². The number of hydrogen-bond acceptors (Lipinski definition) is 5. The van der Waals surface area contributed by atoms with Crippen LogP contribution in [0, 0.1) is 6.92 Å². The van der Waals surface area contributed by atoms with Gasteiger partial charge in [0.1, 0.15) is 11.5 Å². The number of likely N-dealkylation sites (tertiary alicyclic amines) is 1. The Balaban J connectivity index is 1.25. The minimum Gasteiger partial charge on any atom is -0.369 e. The van der Waals surface area contributed by atoms with Gasteiger partial charge >= 0.3 is 0 Å². The van der Waals surface area contributed by atoms with Crippen molar-refractivity contribution in [3.63, 3.8) is 0 Å². The number of pyridine rings is 1. The molecule has 2 aromatic heterocycles. The standard InChI is InChI=1S/C24H38N6/c1-17-22(18-10-11-18)29-23(27-17)20-8-5-9-21(28-20)26-14-13-25-19-7-6-15-30(16-12-19)24(2,3)4/h5,8-9,18-19,25H,6-7,10-16H2,1-4H3,(H,26,28)(H,27,29). The zero-order chi connectivity index (χ0) is 21.1. The van der Waals surface area contributed by atoms with E-state index in [-0.39, 0.29) is 5.54 Å². The molecule has 0 aromatic carbocycles. The van der Waals surface area contributed by atoms with E-state index in [2.05, 4.69) is 54.3 Å². The van der Waals surface area contributed by atoms with Crippen molar-refractivity contribution in [1.29, 1.82) is 0 Å². The molecule has 2 aliphatic rings. The molecule has 6 heteroatoms. The molecule has 0 spiro atoms. The first-order chi connectivity index (χ1) is 14.4. The number of nitrogens with one attached hydrogen (secondary N) is 3. The number of aromatic amines is 1. The zero-order valence-corrected chi connectivity index (χ0v) is 19.1. The normalized spacial score (nSPS) is 20.9. The highest BCUT2D eigenvalue weighted by Gasteiger charge is 2.28. The second-order valence-electron chi connectivity index (χ2n) is 9.94. The van der Waals surface area contributed by atoms with Crippen molar-refractivity contribution >= 4 is 5.82 Å². The van der Waals surface area contributed by atoms with Crippen molar-refractivity contribution in [3.8, 4) is 11.5 Å². The van der Waals surface area contributed by atoms with Crippen LogP contribution in [-0.2, 0) is 0 Å². The summed E-state index contributed by atoms with van der Waals surface area (Å²) in [6.45, 7) is 13.3. The maximum absolute atomic E-state index is 4.81. The molecule has 1 saturated carbocycles. The molecular formula is C24H38N6. The van der Waals surface area contributed by atoms with Gasteiger partial charge in [-0.15, -0.1) is 0 Å². The number of aryl methyl sites for hydroxylation is 1. The topological polar surface area (TPSA) is 68.9 Å². The summed E-state index contributed by atoms with van der Waals surface area (Å²) in [6, 6.07) is 6.74. The van der Waals surface area contributed by atoms with E-state index >= 15 is 0 Å². The number of anilines is 1. The largest absolute Gasteiger partial charge is 0.369 e. The van der Waals surface area contributed by atoms with Gasteiger partial charge in [-0.25, -0.2) is 9.97 Å². The molecule has 30 heavy (non-hydrogen) atoms. The third kappa shape index (κ3) is 5.41. The molecule has 1 atom stereocenters. The molecule has 1 aliphatic heterocycles. The van der Waals surface area contributed by atoms with Crippen LogP contribution in [0.5, 0.6) is 0 Å². The van der Waals surface area contributed by atoms with Crippen LogP contribution in [0.3, 0.4) is 0 Å². The van der Waals surface area contributed by atoms with Crippen LogP contribution < -0.4 is 10.6 Å². The van der Waals surface area contributed by atoms with Crippen LogP contribution >= 0.6 is 0 Å². The quantitative estimate of drug-likeness (QED) is 0.594. The molecule has 0 amide bonds. The van der Waals surface area contributed by atoms with Crippen molar-refractivity contribution in [3.05, 3.63) is 29.6 Å². The van der Waals surface area contributed by atoms with Crippen molar-refractivity contribution in [2.24, 2.45) is 0 Å². The molecule has 164 valence electrons. The zero-order valence-electron chi connectivity index (χ0n) is 19.1. The molecule has 6 nitrogen and oxygen atoms in total. The maximum Gasteiger partial charge on any atom is 0.156 e. The average Bonchev–Trinajstić information content (AvgIpc) is 3.51. The van der Waals surface area contributed by atoms with E-state index in [4.69, 9.17) is 9.97 Å². The Kier molecular flexibility index (Phi) is 6.44. The summed E-state index contributed by atoms with van der Waals surface area (Å²) in [7, 11) is 0. The molecular weight excluding hydrogens is 372 g/mol. The highest BCUT2D eigenvalue weighted by Crippen LogP contribution is 2.41. The molecule has 3 N–H and O–H groups in total. The molecule has 1 saturated heterocycles. The molecule has 2 fully saturated rings. The fourth-order valence-corrected chi connectivity index (χ4v) is 4.45. The van der Waals surface area contributed by atoms with Gasteiger partial charge in [-0.2, -0.15) is 0 Å². The number of imidazole rings is 1. The minimum atomic E-state index is 0.277. The van der Waals surface area contributed by atoms with E-state index in [1.165, 1.54) is 56.6 Å². The smallest absolute Gasteiger partial charge is 0.156 e. The Morgan fingerprint density at radius 3 is 2.67 bits per heavy atom. The van der Waals surface area contributed by atoms with Crippen molar-refractivity contribution in [2.75, 3.05) is 31.5 Å². The molecule has 1 aliphatic carbocycles. The monoisotopic (exact) mass is 410 g/mol. The number of rotatable bonds is 7. The highest BCUT2D eigenvalue weighted by molar-refractivity contribution is 5.54. The molecule has 1 unspecified atom stereocenters. The van der Waals surface area contributed by atoms with Crippen LogP contribution in [0.2, 0.25) is 0 Å². The summed E-state index contributed by atoms with van der Waals surface area (Å²) < 4.78 is 0. The summed E-state index contributed by atoms with van der Waals surface area (Å²) in [5.74, 6) is 2.45. The molecule has 2 aromatic rings. The first kappa shape index (κ1) is 21.3. The molecule has 3 heterocycles. The Labute approximate surface area is 181 Å². The third-order valence-electron chi connectivity index (χ3n) is 6.42. The lowest BCUT2D eigenvalue weighted by molar-refractivity contribution is 0.141. The van der Waals surface area contributed by atoms with E-state index < -0.39 is 0 Å². The summed E-state index contributed by atoms with van der Waals surface area (Å²) in [6.07, 6.45) is 6.30. The van der Waals surface area contributed by atoms with Gasteiger partial charge in [0, 0.05) is 42.8 Å². The Hall–Kier alpha value is -1.92. The van der Waals surface area contributed by atoms with Gasteiger partial charge in [0.15, 0.2) is 5.82 Å². The van der Waals surface area contributed by atoms with Crippen molar-refractivity contribution in [2.45, 2.75) is 77.3 Å². The Bertz CT molecular complexity index is 832. The van der Waals surface area contributed by atoms with Gasteiger partial charge in [-0.3, -0.25) is 4.90 Å². The maximum atomic E-state index is 4.81. The van der Waals surface area contributed by atoms with E-state index in [1.807, 2.05) is 12.1 Å². The van der Waals surface area contributed by atoms with Gasteiger partial charge in [-0.05, 0) is 78.5 Å². The first-order valence-electron chi connectivity index (χ1n) is 11.7. The van der Waals surface area contributed by atoms with E-state index in [0.717, 1.165) is 30.4 Å². The summed E-state index contributed by atoms with van der Waals surface area (Å²) in [5, 5.41) is 7.22. The fraction of sp³-hybridized carbons (Fsp3) is 0.667. The minimum absolute atomic E-state index is 0.277. The van der Waals surface area contributed by atoms with Crippen LogP contribution in [0.1, 0.15) is 70.2 Å². The van der Waals surface area contributed by atoms with Gasteiger partial charge in [0.05, 0.1) is 5.69 Å². The molecule has 0 radical (unpaired) electrons. The number of H-pyrrole nitrogens is 1. The lowest BCUT2D eigenvalue weighted by Gasteiger charge is -2.34. The van der Waals surface area contributed by atoms with Crippen LogP contribution in [0.4, 0.5) is 5.82 Å². The Morgan fingerprint density at radius 2 is 1.90 bits per heavy atom. The predicted octanol–water partition coefficient (Wildman–Crippen LogP) is 4.31. The predicted molar refractivity (Wildman–Crippen MR) is 124 cm³/mol. The number of hydrogen-bond donors (Lipinski definition) is 3. The van der Waals surface area contributed by atoms with Crippen molar-refractivity contribution in [1.82, 2.24) is 25.2 Å². The summed E-state index contributed by atoms with van der Waals surface area (Å²) in [4.78, 5) is 15.6. The molecule has 4 rings (SSSR count). The number of nitrogens with zero attached hydrogens (tertiary/aromatic N) is 3. The highest BCUT2D eigenvalue weighted by atomic mass is 15.2. The average molecular weight is 411 g/mol. The lowest BCUT2D eigenvalue weighted by atomic mass is 10.1. The second-order valence-corrected chi connectivity index (χ2v) is 9.94. The number of aromatic nitrogens is 3. The van der Waals surface area contributed by atoms with E-state index in [1.54, 1.807) is 0 Å². The van der Waals surface area contributed by atoms with E-state index in [9.17, 15) is 0 Å². The fourth-order valence-electron chi connectivity index (χ4n) is 4.45. The van der Waals surface area contributed by atoms with E-state index in [0.29, 0.717) is 12.0 Å². The summed E-state index contributed by atoms with van der Waals surface area (Å²) in [5.41, 5.74) is 3.60.